The molecule has 1 fully saturated rings. The van der Waals surface area contributed by atoms with Crippen LogP contribution in [0.3, 0.4) is 0 Å². The minimum Gasteiger partial charge on any atom is -0.463 e. The van der Waals surface area contributed by atoms with Crippen molar-refractivity contribution in [2.75, 3.05) is 39.3 Å². The molecule has 0 spiro atoms. The van der Waals surface area contributed by atoms with Crippen molar-refractivity contribution in [3.8, 4) is 0 Å². The van der Waals surface area contributed by atoms with Gasteiger partial charge in [-0.2, -0.15) is 0 Å². The van der Waals surface area contributed by atoms with Crippen LogP contribution in [-0.2, 0) is 19.1 Å². The van der Waals surface area contributed by atoms with Crippen LogP contribution >= 0.6 is 0 Å². The summed E-state index contributed by atoms with van der Waals surface area (Å²) in [6, 6.07) is 26.9. The maximum atomic E-state index is 14.7. The predicted octanol–water partition coefficient (Wildman–Crippen LogP) is 4.91. The van der Waals surface area contributed by atoms with Gasteiger partial charge in [-0.1, -0.05) is 78.9 Å². The molecule has 3 aromatic carbocycles. The number of carbonyl (C=O) groups is 3. The number of allylic oxidation sites excluding steroid dienone is 1. The molecule has 2 amide bonds. The number of nitrogens with zero attached hydrogens (tertiary/aromatic N) is 3. The molecule has 2 aliphatic heterocycles. The Morgan fingerprint density at radius 3 is 2.02 bits per heavy atom. The zero-order valence-electron chi connectivity index (χ0n) is 24.0. The number of halogens is 1. The second-order valence-electron chi connectivity index (χ2n) is 10.6. The van der Waals surface area contributed by atoms with Crippen LogP contribution in [-0.4, -0.2) is 71.8 Å². The van der Waals surface area contributed by atoms with Crippen molar-refractivity contribution in [2.45, 2.75) is 32.2 Å². The summed E-state index contributed by atoms with van der Waals surface area (Å²) in [5.41, 5.74) is 3.20. The van der Waals surface area contributed by atoms with E-state index in [4.69, 9.17) is 4.74 Å². The Balaban J connectivity index is 1.32. The lowest BCUT2D eigenvalue weighted by molar-refractivity contribution is -0.143. The Labute approximate surface area is 246 Å². The van der Waals surface area contributed by atoms with Gasteiger partial charge in [-0.3, -0.25) is 14.5 Å². The van der Waals surface area contributed by atoms with Gasteiger partial charge in [0.1, 0.15) is 12.4 Å². The molecule has 0 aromatic heterocycles. The molecule has 1 saturated heterocycles. The third-order valence-corrected chi connectivity index (χ3v) is 8.16. The molecule has 8 heteroatoms. The maximum absolute atomic E-state index is 14.7. The Kier molecular flexibility index (Phi) is 9.12. The minimum absolute atomic E-state index is 0.0703. The van der Waals surface area contributed by atoms with Crippen molar-refractivity contribution in [3.63, 3.8) is 0 Å². The smallest absolute Gasteiger partial charge is 0.336 e. The Morgan fingerprint density at radius 1 is 0.881 bits per heavy atom. The zero-order chi connectivity index (χ0) is 29.6. The molecule has 0 N–H and O–H groups in total. The number of carbonyl (C=O) groups excluding carboxylic acids is 3. The van der Waals surface area contributed by atoms with Crippen LogP contribution in [0.5, 0.6) is 0 Å². The highest BCUT2D eigenvalue weighted by molar-refractivity contribution is 5.97. The van der Waals surface area contributed by atoms with Crippen molar-refractivity contribution in [2.24, 2.45) is 0 Å². The molecular formula is C34H36FN3O4. The van der Waals surface area contributed by atoms with Gasteiger partial charge in [0, 0.05) is 44.2 Å². The molecule has 42 heavy (non-hydrogen) atoms. The van der Waals surface area contributed by atoms with Crippen molar-refractivity contribution < 1.29 is 23.5 Å². The van der Waals surface area contributed by atoms with E-state index >= 15 is 0 Å². The van der Waals surface area contributed by atoms with Crippen LogP contribution in [0.15, 0.2) is 96.2 Å². The van der Waals surface area contributed by atoms with Crippen molar-refractivity contribution in [1.29, 1.82) is 0 Å². The highest BCUT2D eigenvalue weighted by Gasteiger charge is 2.39. The number of hydrogen-bond donors (Lipinski definition) is 0. The summed E-state index contributed by atoms with van der Waals surface area (Å²) in [7, 11) is 0. The van der Waals surface area contributed by atoms with E-state index in [1.807, 2.05) is 36.4 Å². The SMILES string of the molecule is CCOC(=O)C1=C(C)N(CC(=O)N2CCN(C(c3ccccc3)c3ccccc3)CC2)C(=O)CC1c1ccccc1F. The van der Waals surface area contributed by atoms with Crippen molar-refractivity contribution >= 4 is 17.8 Å². The highest BCUT2D eigenvalue weighted by Crippen LogP contribution is 2.38. The average molecular weight is 570 g/mol. The van der Waals surface area contributed by atoms with E-state index in [9.17, 15) is 18.8 Å². The lowest BCUT2D eigenvalue weighted by Gasteiger charge is -2.41. The third kappa shape index (κ3) is 6.14. The van der Waals surface area contributed by atoms with E-state index < -0.39 is 17.7 Å². The highest BCUT2D eigenvalue weighted by atomic mass is 19.1. The first-order chi connectivity index (χ1) is 20.4. The second kappa shape index (κ2) is 13.1. The van der Waals surface area contributed by atoms with E-state index in [-0.39, 0.29) is 48.6 Å². The monoisotopic (exact) mass is 569 g/mol. The summed E-state index contributed by atoms with van der Waals surface area (Å²) in [5, 5.41) is 0. The van der Waals surface area contributed by atoms with Gasteiger partial charge in [-0.25, -0.2) is 9.18 Å². The molecule has 0 radical (unpaired) electrons. The van der Waals surface area contributed by atoms with Gasteiger partial charge >= 0.3 is 5.97 Å². The molecule has 2 heterocycles. The topological polar surface area (TPSA) is 70.2 Å². The van der Waals surface area contributed by atoms with Crippen LogP contribution in [0, 0.1) is 5.82 Å². The van der Waals surface area contributed by atoms with Gasteiger partial charge in [0.05, 0.1) is 18.2 Å². The van der Waals surface area contributed by atoms with E-state index in [1.165, 1.54) is 22.1 Å². The summed E-state index contributed by atoms with van der Waals surface area (Å²) in [4.78, 5) is 45.4. The lowest BCUT2D eigenvalue weighted by atomic mass is 9.83. The Morgan fingerprint density at radius 2 is 1.45 bits per heavy atom. The maximum Gasteiger partial charge on any atom is 0.336 e. The minimum atomic E-state index is -0.777. The molecule has 0 bridgehead atoms. The van der Waals surface area contributed by atoms with Gasteiger partial charge in [-0.15, -0.1) is 0 Å². The predicted molar refractivity (Wildman–Crippen MR) is 158 cm³/mol. The number of rotatable bonds is 8. The number of benzene rings is 3. The van der Waals surface area contributed by atoms with Gasteiger partial charge < -0.3 is 14.5 Å². The summed E-state index contributed by atoms with van der Waals surface area (Å²) in [5.74, 6) is -2.38. The Bertz CT molecular complexity index is 1410. The quantitative estimate of drug-likeness (QED) is 0.361. The number of esters is 1. The fraction of sp³-hybridized carbons (Fsp3) is 0.324. The first-order valence-corrected chi connectivity index (χ1v) is 14.4. The van der Waals surface area contributed by atoms with Crippen molar-refractivity contribution in [1.82, 2.24) is 14.7 Å². The standard InChI is InChI=1S/C34H36FN3O4/c1-3-42-34(41)32-24(2)38(30(39)22-28(32)27-16-10-11-17-29(27)35)23-31(40)36-18-20-37(21-19-36)33(25-12-6-4-7-13-25)26-14-8-5-9-15-26/h4-17,28,33H,3,18-23H2,1-2H3. The van der Waals surface area contributed by atoms with Crippen LogP contribution in [0.4, 0.5) is 4.39 Å². The average Bonchev–Trinajstić information content (AvgIpc) is 3.01. The van der Waals surface area contributed by atoms with E-state index in [0.29, 0.717) is 31.9 Å². The number of amides is 2. The molecular weight excluding hydrogens is 533 g/mol. The van der Waals surface area contributed by atoms with Crippen LogP contribution in [0.25, 0.3) is 0 Å². The fourth-order valence-corrected chi connectivity index (χ4v) is 6.05. The normalized spacial score (nSPS) is 18.0. The van der Waals surface area contributed by atoms with Gasteiger partial charge in [-0.05, 0) is 36.6 Å². The molecule has 3 aromatic rings. The summed E-state index contributed by atoms with van der Waals surface area (Å²) in [6.07, 6.45) is -0.122. The largest absolute Gasteiger partial charge is 0.463 e. The molecule has 7 nitrogen and oxygen atoms in total. The van der Waals surface area contributed by atoms with Gasteiger partial charge in [0.15, 0.2) is 0 Å². The first-order valence-electron chi connectivity index (χ1n) is 14.4. The van der Waals surface area contributed by atoms with Gasteiger partial charge in [0.2, 0.25) is 11.8 Å². The Hall–Kier alpha value is -4.30. The van der Waals surface area contributed by atoms with E-state index in [0.717, 1.165) is 0 Å². The molecule has 0 aliphatic carbocycles. The lowest BCUT2D eigenvalue weighted by Crippen LogP contribution is -2.53. The van der Waals surface area contributed by atoms with E-state index in [1.54, 1.807) is 36.9 Å². The summed E-state index contributed by atoms with van der Waals surface area (Å²) < 4.78 is 20.0. The molecule has 218 valence electrons. The summed E-state index contributed by atoms with van der Waals surface area (Å²) in [6.45, 7) is 5.67. The molecule has 1 atom stereocenters. The molecule has 1 unspecified atom stereocenters. The number of hydrogen-bond acceptors (Lipinski definition) is 5. The van der Waals surface area contributed by atoms with Crippen molar-refractivity contribution in [3.05, 3.63) is 119 Å². The van der Waals surface area contributed by atoms with E-state index in [2.05, 4.69) is 29.2 Å². The zero-order valence-corrected chi connectivity index (χ0v) is 24.0. The van der Waals surface area contributed by atoms with Crippen LogP contribution in [0.1, 0.15) is 48.9 Å². The number of piperazine rings is 1. The third-order valence-electron chi connectivity index (χ3n) is 8.16. The molecule has 2 aliphatic rings. The molecule has 5 rings (SSSR count). The fourth-order valence-electron chi connectivity index (χ4n) is 6.05. The van der Waals surface area contributed by atoms with Crippen LogP contribution < -0.4 is 0 Å². The number of ether oxygens (including phenoxy) is 1. The summed E-state index contributed by atoms with van der Waals surface area (Å²) >= 11 is 0. The van der Waals surface area contributed by atoms with Crippen LogP contribution in [0.2, 0.25) is 0 Å². The first kappa shape index (κ1) is 29.2. The second-order valence-corrected chi connectivity index (χ2v) is 10.6. The van der Waals surface area contributed by atoms with Gasteiger partial charge in [0.25, 0.3) is 0 Å². The molecule has 0 saturated carbocycles.